The number of esters is 2. The van der Waals surface area contributed by atoms with E-state index in [4.69, 9.17) is 9.47 Å². The highest BCUT2D eigenvalue weighted by atomic mass is 19.4. The first-order valence-electron chi connectivity index (χ1n) is 7.34. The molecule has 0 fully saturated rings. The van der Waals surface area contributed by atoms with E-state index in [0.29, 0.717) is 0 Å². The highest BCUT2D eigenvalue weighted by Gasteiger charge is 2.63. The van der Waals surface area contributed by atoms with Crippen LogP contribution in [-0.4, -0.2) is 48.2 Å². The highest BCUT2D eigenvalue weighted by molar-refractivity contribution is 5.89. The van der Waals surface area contributed by atoms with Crippen molar-refractivity contribution in [3.05, 3.63) is 0 Å². The van der Waals surface area contributed by atoms with Crippen LogP contribution in [0.15, 0.2) is 0 Å². The van der Waals surface area contributed by atoms with Crippen molar-refractivity contribution in [3.63, 3.8) is 0 Å². The monoisotopic (exact) mass is 377 g/mol. The normalized spacial score (nSPS) is 13.6. The standard InChI is InChI=1S/C14H20F5NO5/c1-7(2)24-10(21)6-5-9(11(22)25-8(3)4)20-12(23)13(15,16)14(17,18)19/h7-9H,5-6H2,1-4H3,(H,20,23)/t9-/m0/s1. The van der Waals surface area contributed by atoms with Gasteiger partial charge < -0.3 is 14.8 Å². The van der Waals surface area contributed by atoms with Gasteiger partial charge in [-0.2, -0.15) is 22.0 Å². The Morgan fingerprint density at radius 3 is 1.80 bits per heavy atom. The Bertz CT molecular complexity index is 490. The van der Waals surface area contributed by atoms with Crippen molar-refractivity contribution in [2.75, 3.05) is 0 Å². The predicted octanol–water partition coefficient (Wildman–Crippen LogP) is 2.35. The lowest BCUT2D eigenvalue weighted by molar-refractivity contribution is -0.270. The van der Waals surface area contributed by atoms with Gasteiger partial charge >= 0.3 is 29.9 Å². The zero-order chi connectivity index (χ0) is 20.0. The molecule has 0 aromatic heterocycles. The van der Waals surface area contributed by atoms with Gasteiger partial charge in [0.25, 0.3) is 0 Å². The fourth-order valence-electron chi connectivity index (χ4n) is 1.53. The SMILES string of the molecule is CC(C)OC(=O)CC[C@H](NC(=O)C(F)(F)C(F)(F)F)C(=O)OC(C)C. The second-order valence-corrected chi connectivity index (χ2v) is 5.66. The third-order valence-electron chi connectivity index (χ3n) is 2.59. The van der Waals surface area contributed by atoms with Crippen LogP contribution in [0, 0.1) is 0 Å². The van der Waals surface area contributed by atoms with Crippen LogP contribution < -0.4 is 5.32 Å². The molecule has 0 aliphatic carbocycles. The van der Waals surface area contributed by atoms with Gasteiger partial charge in [-0.05, 0) is 34.1 Å². The number of hydrogen-bond donors (Lipinski definition) is 1. The lowest BCUT2D eigenvalue weighted by Gasteiger charge is -2.23. The number of carbonyl (C=O) groups is 3. The molecule has 25 heavy (non-hydrogen) atoms. The van der Waals surface area contributed by atoms with Gasteiger partial charge in [0.15, 0.2) is 0 Å². The van der Waals surface area contributed by atoms with Crippen molar-refractivity contribution in [1.29, 1.82) is 0 Å². The van der Waals surface area contributed by atoms with E-state index < -0.39 is 61.0 Å². The molecule has 1 atom stereocenters. The van der Waals surface area contributed by atoms with E-state index in [-0.39, 0.29) is 0 Å². The zero-order valence-corrected chi connectivity index (χ0v) is 14.1. The molecule has 0 radical (unpaired) electrons. The van der Waals surface area contributed by atoms with E-state index in [9.17, 15) is 36.3 Å². The smallest absolute Gasteiger partial charge is 0.463 e. The number of nitrogens with one attached hydrogen (secondary N) is 1. The first-order chi connectivity index (χ1) is 11.2. The molecule has 1 amide bonds. The summed E-state index contributed by atoms with van der Waals surface area (Å²) >= 11 is 0. The van der Waals surface area contributed by atoms with E-state index in [2.05, 4.69) is 0 Å². The van der Waals surface area contributed by atoms with Crippen LogP contribution in [0.25, 0.3) is 0 Å². The first kappa shape index (κ1) is 23.1. The summed E-state index contributed by atoms with van der Waals surface area (Å²) in [6, 6.07) is -1.86. The molecule has 1 N–H and O–H groups in total. The summed E-state index contributed by atoms with van der Waals surface area (Å²) in [7, 11) is 0. The molecule has 146 valence electrons. The van der Waals surface area contributed by atoms with E-state index in [1.807, 2.05) is 0 Å². The molecule has 0 heterocycles. The van der Waals surface area contributed by atoms with Crippen LogP contribution in [-0.2, 0) is 23.9 Å². The average Bonchev–Trinajstić information content (AvgIpc) is 2.39. The minimum absolute atomic E-state index is 0.488. The van der Waals surface area contributed by atoms with E-state index >= 15 is 0 Å². The number of carbonyl (C=O) groups excluding carboxylic acids is 3. The van der Waals surface area contributed by atoms with Gasteiger partial charge in [0.1, 0.15) is 6.04 Å². The molecule has 0 spiro atoms. The van der Waals surface area contributed by atoms with Gasteiger partial charge in [-0.25, -0.2) is 4.79 Å². The summed E-state index contributed by atoms with van der Waals surface area (Å²) in [6.45, 7) is 5.89. The van der Waals surface area contributed by atoms with Crippen molar-refractivity contribution in [3.8, 4) is 0 Å². The number of halogens is 5. The van der Waals surface area contributed by atoms with Crippen LogP contribution in [0.5, 0.6) is 0 Å². The van der Waals surface area contributed by atoms with Gasteiger partial charge in [0, 0.05) is 6.42 Å². The van der Waals surface area contributed by atoms with Crippen LogP contribution >= 0.6 is 0 Å². The molecule has 0 saturated carbocycles. The zero-order valence-electron chi connectivity index (χ0n) is 14.1. The molecule has 0 unspecified atom stereocenters. The van der Waals surface area contributed by atoms with Crippen LogP contribution in [0.2, 0.25) is 0 Å². The lowest BCUT2D eigenvalue weighted by Crippen LogP contribution is -2.55. The molecule has 0 bridgehead atoms. The number of alkyl halides is 5. The Balaban J connectivity index is 5.11. The first-order valence-corrected chi connectivity index (χ1v) is 7.34. The Morgan fingerprint density at radius 2 is 1.40 bits per heavy atom. The van der Waals surface area contributed by atoms with Crippen LogP contribution in [0.1, 0.15) is 40.5 Å². The molecular formula is C14H20F5NO5. The summed E-state index contributed by atoms with van der Waals surface area (Å²) < 4.78 is 72.1. The van der Waals surface area contributed by atoms with E-state index in [0.717, 1.165) is 0 Å². The van der Waals surface area contributed by atoms with Gasteiger partial charge in [-0.1, -0.05) is 0 Å². The molecule has 0 aromatic rings. The van der Waals surface area contributed by atoms with Gasteiger partial charge in [0.05, 0.1) is 12.2 Å². The molecule has 6 nitrogen and oxygen atoms in total. The fraction of sp³-hybridized carbons (Fsp3) is 0.786. The summed E-state index contributed by atoms with van der Waals surface area (Å²) in [5.74, 6) is -10.4. The minimum Gasteiger partial charge on any atom is -0.463 e. The summed E-state index contributed by atoms with van der Waals surface area (Å²) in [4.78, 5) is 34.4. The fourth-order valence-corrected chi connectivity index (χ4v) is 1.53. The maximum Gasteiger partial charge on any atom is 0.463 e. The van der Waals surface area contributed by atoms with Crippen LogP contribution in [0.3, 0.4) is 0 Å². The molecule has 0 rings (SSSR count). The van der Waals surface area contributed by atoms with Crippen molar-refractivity contribution >= 4 is 17.8 Å². The van der Waals surface area contributed by atoms with Crippen LogP contribution in [0.4, 0.5) is 22.0 Å². The van der Waals surface area contributed by atoms with Gasteiger partial charge in [0.2, 0.25) is 0 Å². The maximum absolute atomic E-state index is 13.0. The van der Waals surface area contributed by atoms with Gasteiger partial charge in [-0.15, -0.1) is 0 Å². The maximum atomic E-state index is 13.0. The molecule has 0 saturated heterocycles. The quantitative estimate of drug-likeness (QED) is 0.519. The highest BCUT2D eigenvalue weighted by Crippen LogP contribution is 2.35. The molecule has 0 aliphatic rings. The van der Waals surface area contributed by atoms with Crippen molar-refractivity contribution in [1.82, 2.24) is 5.32 Å². The van der Waals surface area contributed by atoms with Gasteiger partial charge in [-0.3, -0.25) is 9.59 Å². The topological polar surface area (TPSA) is 81.7 Å². The predicted molar refractivity (Wildman–Crippen MR) is 74.6 cm³/mol. The average molecular weight is 377 g/mol. The second-order valence-electron chi connectivity index (χ2n) is 5.66. The molecule has 11 heteroatoms. The third kappa shape index (κ3) is 7.65. The van der Waals surface area contributed by atoms with Crippen molar-refractivity contribution in [2.45, 2.75) is 70.9 Å². The lowest BCUT2D eigenvalue weighted by atomic mass is 10.1. The Morgan fingerprint density at radius 1 is 0.920 bits per heavy atom. The largest absolute Gasteiger partial charge is 0.463 e. The van der Waals surface area contributed by atoms with Crippen molar-refractivity contribution in [2.24, 2.45) is 0 Å². The number of rotatable bonds is 8. The van der Waals surface area contributed by atoms with Crippen molar-refractivity contribution < 1.29 is 45.8 Å². The Kier molecular flexibility index (Phi) is 8.26. The minimum atomic E-state index is -6.12. The molecular weight excluding hydrogens is 357 g/mol. The Labute approximate surface area is 141 Å². The van der Waals surface area contributed by atoms with E-state index in [1.165, 1.54) is 33.0 Å². The summed E-state index contributed by atoms with van der Waals surface area (Å²) in [6.07, 6.45) is -8.37. The number of amides is 1. The van der Waals surface area contributed by atoms with E-state index in [1.54, 1.807) is 0 Å². The molecule has 0 aromatic carbocycles. The number of hydrogen-bond acceptors (Lipinski definition) is 5. The summed E-state index contributed by atoms with van der Waals surface area (Å²) in [5.41, 5.74) is 0. The second kappa shape index (κ2) is 8.95. The molecule has 0 aliphatic heterocycles. The third-order valence-corrected chi connectivity index (χ3v) is 2.59. The summed E-state index contributed by atoms with van der Waals surface area (Å²) in [5, 5.41) is 1.29. The Hall–Kier alpha value is -1.94. The number of ether oxygens (including phenoxy) is 2.